The van der Waals surface area contributed by atoms with Gasteiger partial charge in [-0.2, -0.15) is 0 Å². The fourth-order valence-corrected chi connectivity index (χ4v) is 9.26. The van der Waals surface area contributed by atoms with Crippen LogP contribution < -0.4 is 5.32 Å². The highest BCUT2D eigenvalue weighted by molar-refractivity contribution is 5.80. The summed E-state index contributed by atoms with van der Waals surface area (Å²) in [5.41, 5.74) is 0. The molecule has 0 rings (SSSR count). The van der Waals surface area contributed by atoms with Gasteiger partial charge in [0.2, 0.25) is 5.91 Å². The number of carbonyl (C=O) groups is 1. The largest absolute Gasteiger partial charge is 0.394 e. The van der Waals surface area contributed by atoms with Gasteiger partial charge in [-0.3, -0.25) is 4.79 Å². The Labute approximate surface area is 401 Å². The van der Waals surface area contributed by atoms with Crippen LogP contribution in [0.25, 0.3) is 0 Å². The van der Waals surface area contributed by atoms with E-state index in [0.29, 0.717) is 6.42 Å². The van der Waals surface area contributed by atoms with Gasteiger partial charge >= 0.3 is 0 Å². The average Bonchev–Trinajstić information content (AvgIpc) is 3.30. The monoisotopic (exact) mass is 902 g/mol. The van der Waals surface area contributed by atoms with E-state index in [1.165, 1.54) is 263 Å². The molecule has 0 bridgehead atoms. The molecule has 1 amide bonds. The Morgan fingerprint density at radius 1 is 0.375 bits per heavy atom. The number of carbonyl (C=O) groups excluding carboxylic acids is 1. The van der Waals surface area contributed by atoms with Crippen molar-refractivity contribution >= 4 is 5.91 Å². The molecule has 4 N–H and O–H groups in total. The number of aliphatic hydroxyl groups is 3. The number of rotatable bonds is 54. The lowest BCUT2D eigenvalue weighted by Crippen LogP contribution is -2.48. The molecule has 0 aromatic heterocycles. The first-order valence-electron chi connectivity index (χ1n) is 29.2. The lowest BCUT2D eigenvalue weighted by Gasteiger charge is -2.21. The van der Waals surface area contributed by atoms with Crippen LogP contribution in [0.4, 0.5) is 0 Å². The van der Waals surface area contributed by atoms with Crippen molar-refractivity contribution in [3.63, 3.8) is 0 Å². The molecule has 3 unspecified atom stereocenters. The molecule has 64 heavy (non-hydrogen) atoms. The van der Waals surface area contributed by atoms with Crippen LogP contribution in [-0.2, 0) is 4.79 Å². The maximum Gasteiger partial charge on any atom is 0.249 e. The third-order valence-electron chi connectivity index (χ3n) is 13.8. The van der Waals surface area contributed by atoms with Crippen LogP contribution in [0.1, 0.15) is 322 Å². The lowest BCUT2D eigenvalue weighted by molar-refractivity contribution is -0.131. The van der Waals surface area contributed by atoms with Crippen LogP contribution in [0, 0.1) is 0 Å². The summed E-state index contributed by atoms with van der Waals surface area (Å²) in [6.07, 6.45) is 69.8. The summed E-state index contributed by atoms with van der Waals surface area (Å²) < 4.78 is 0. The van der Waals surface area contributed by atoms with E-state index < -0.39 is 24.2 Å². The fourth-order valence-electron chi connectivity index (χ4n) is 9.26. The number of nitrogens with one attached hydrogen (secondary N) is 1. The number of hydrogen-bond donors (Lipinski definition) is 4. The van der Waals surface area contributed by atoms with Crippen LogP contribution in [0.3, 0.4) is 0 Å². The lowest BCUT2D eigenvalue weighted by atomic mass is 10.0. The predicted molar refractivity (Wildman–Crippen MR) is 282 cm³/mol. The molecular formula is C59H115NO4. The summed E-state index contributed by atoms with van der Waals surface area (Å²) in [7, 11) is 0. The maximum atomic E-state index is 12.6. The quantitative estimate of drug-likeness (QED) is 0.0362. The number of aliphatic hydroxyl groups excluding tert-OH is 3. The number of allylic oxidation sites excluding steroid dienone is 3. The molecule has 5 nitrogen and oxygen atoms in total. The summed E-state index contributed by atoms with van der Waals surface area (Å²) in [4.78, 5) is 12.6. The summed E-state index contributed by atoms with van der Waals surface area (Å²) in [5.74, 6) is -0.506. The van der Waals surface area contributed by atoms with Crippen molar-refractivity contribution in [2.75, 3.05) is 6.61 Å². The van der Waals surface area contributed by atoms with E-state index in [4.69, 9.17) is 0 Å². The molecule has 0 aliphatic heterocycles. The first-order chi connectivity index (χ1) is 31.6. The van der Waals surface area contributed by atoms with Crippen molar-refractivity contribution in [1.82, 2.24) is 5.32 Å². The minimum Gasteiger partial charge on any atom is -0.394 e. The molecule has 0 heterocycles. The van der Waals surface area contributed by atoms with Crippen LogP contribution in [0.2, 0.25) is 0 Å². The first-order valence-corrected chi connectivity index (χ1v) is 29.2. The second-order valence-electron chi connectivity index (χ2n) is 20.2. The average molecular weight is 903 g/mol. The molecule has 0 aromatic carbocycles. The van der Waals surface area contributed by atoms with E-state index in [2.05, 4.69) is 31.3 Å². The highest BCUT2D eigenvalue weighted by Gasteiger charge is 2.22. The normalized spacial score (nSPS) is 13.4. The molecule has 0 aliphatic carbocycles. The van der Waals surface area contributed by atoms with Crippen LogP contribution >= 0.6 is 0 Å². The summed E-state index contributed by atoms with van der Waals surface area (Å²) in [6.45, 7) is 4.21. The third kappa shape index (κ3) is 48.8. The molecule has 380 valence electrons. The van der Waals surface area contributed by atoms with Gasteiger partial charge in [-0.25, -0.2) is 0 Å². The van der Waals surface area contributed by atoms with E-state index >= 15 is 0 Å². The molecule has 0 saturated heterocycles. The van der Waals surface area contributed by atoms with Gasteiger partial charge in [-0.05, 0) is 32.1 Å². The van der Waals surface area contributed by atoms with Crippen molar-refractivity contribution < 1.29 is 20.1 Å². The van der Waals surface area contributed by atoms with Crippen LogP contribution in [0.5, 0.6) is 0 Å². The van der Waals surface area contributed by atoms with Gasteiger partial charge in [-0.1, -0.05) is 314 Å². The summed E-state index contributed by atoms with van der Waals surface area (Å²) in [6, 6.07) is -0.813. The molecule has 0 spiro atoms. The zero-order valence-corrected chi connectivity index (χ0v) is 43.4. The van der Waals surface area contributed by atoms with Gasteiger partial charge in [0.25, 0.3) is 0 Å². The summed E-state index contributed by atoms with van der Waals surface area (Å²) >= 11 is 0. The number of unbranched alkanes of at least 4 members (excludes halogenated alkanes) is 44. The third-order valence-corrected chi connectivity index (χ3v) is 13.8. The van der Waals surface area contributed by atoms with Gasteiger partial charge in [0.1, 0.15) is 6.10 Å². The van der Waals surface area contributed by atoms with Gasteiger partial charge in [0.15, 0.2) is 0 Å². The van der Waals surface area contributed by atoms with Crippen LogP contribution in [-0.4, -0.2) is 46.1 Å². The Hall–Kier alpha value is -1.17. The molecule has 3 atom stereocenters. The van der Waals surface area contributed by atoms with E-state index in [-0.39, 0.29) is 6.61 Å². The molecule has 0 fully saturated rings. The Balaban J connectivity index is 3.57. The fraction of sp³-hybridized carbons (Fsp3) is 0.915. The van der Waals surface area contributed by atoms with Gasteiger partial charge in [0.05, 0.1) is 18.8 Å². The standard InChI is InChI=1S/C59H115NO4/c1-3-5-7-9-11-13-15-17-19-21-23-25-27-29-30-32-34-36-38-40-42-44-46-48-50-52-54-58(63)59(64)60-56(55-61)57(62)53-51-49-47-45-43-41-39-37-35-33-31-28-26-24-22-20-18-16-14-12-10-8-6-4-2/h43,45,51,53,56-58,61-63H,3-42,44,46-50,52,54-55H2,1-2H3,(H,60,64)/b45-43+,53-51+. The number of hydrogen-bond acceptors (Lipinski definition) is 4. The topological polar surface area (TPSA) is 89.8 Å². The molecule has 0 saturated carbocycles. The first kappa shape index (κ1) is 62.8. The maximum absolute atomic E-state index is 12.6. The Morgan fingerprint density at radius 3 is 0.953 bits per heavy atom. The molecule has 0 radical (unpaired) electrons. The SMILES string of the molecule is CCCCCCCCCCCCCCCCCCCC/C=C/CC/C=C/C(O)C(CO)NC(=O)C(O)CCCCCCCCCCCCCCCCCCCCCCCCCCCC. The predicted octanol–water partition coefficient (Wildman–Crippen LogP) is 18.1. The number of amides is 1. The van der Waals surface area contributed by atoms with Crippen molar-refractivity contribution in [2.45, 2.75) is 340 Å². The highest BCUT2D eigenvalue weighted by atomic mass is 16.3. The minimum absolute atomic E-state index is 0.372. The van der Waals surface area contributed by atoms with E-state index in [9.17, 15) is 20.1 Å². The van der Waals surface area contributed by atoms with Gasteiger partial charge < -0.3 is 20.6 Å². The summed E-state index contributed by atoms with van der Waals surface area (Å²) in [5, 5.41) is 33.4. The zero-order valence-electron chi connectivity index (χ0n) is 43.4. The minimum atomic E-state index is -1.10. The molecule has 0 aromatic rings. The van der Waals surface area contributed by atoms with E-state index in [1.807, 2.05) is 6.08 Å². The van der Waals surface area contributed by atoms with Crippen molar-refractivity contribution in [2.24, 2.45) is 0 Å². The smallest absolute Gasteiger partial charge is 0.249 e. The second kappa shape index (κ2) is 54.4. The van der Waals surface area contributed by atoms with Crippen molar-refractivity contribution in [3.05, 3.63) is 24.3 Å². The Kier molecular flexibility index (Phi) is 53.4. The molecule has 0 aliphatic rings. The second-order valence-corrected chi connectivity index (χ2v) is 20.2. The van der Waals surface area contributed by atoms with E-state index in [0.717, 1.165) is 38.5 Å². The van der Waals surface area contributed by atoms with E-state index in [1.54, 1.807) is 6.08 Å². The Bertz CT molecular complexity index is 951. The molecule has 5 heteroatoms. The van der Waals surface area contributed by atoms with Gasteiger partial charge in [0, 0.05) is 0 Å². The zero-order chi connectivity index (χ0) is 46.5. The van der Waals surface area contributed by atoms with Crippen molar-refractivity contribution in [1.29, 1.82) is 0 Å². The van der Waals surface area contributed by atoms with Gasteiger partial charge in [-0.15, -0.1) is 0 Å². The highest BCUT2D eigenvalue weighted by Crippen LogP contribution is 2.18. The Morgan fingerprint density at radius 2 is 0.641 bits per heavy atom. The molecular weight excluding hydrogens is 787 g/mol. The van der Waals surface area contributed by atoms with Crippen molar-refractivity contribution in [3.8, 4) is 0 Å². The van der Waals surface area contributed by atoms with Crippen LogP contribution in [0.15, 0.2) is 24.3 Å².